The number of halogens is 2. The van der Waals surface area contributed by atoms with Crippen molar-refractivity contribution in [2.45, 2.75) is 38.3 Å². The number of benzene rings is 2. The number of nitrogens with one attached hydrogen (secondary N) is 4. The molecule has 65 heavy (non-hydrogen) atoms. The SMILES string of the molecule is C[C@@H](CO)n1cnc2c(NCCc3c[nH]c4ccccc34)nc(-c3cncc(F)c3)nc21.Fc1cncc(-c2nc(NCCc3c[nH]c4ccccc34)c3ncn([C@@H]4CCOC4)c3n2)c1. The molecule has 1 saturated heterocycles. The van der Waals surface area contributed by atoms with E-state index < -0.39 is 11.6 Å². The fourth-order valence-electron chi connectivity index (χ4n) is 8.13. The molecule has 328 valence electrons. The van der Waals surface area contributed by atoms with Gasteiger partial charge in [-0.05, 0) is 61.6 Å². The summed E-state index contributed by atoms with van der Waals surface area (Å²) < 4.78 is 37.0. The summed E-state index contributed by atoms with van der Waals surface area (Å²) >= 11 is 0. The van der Waals surface area contributed by atoms with Crippen LogP contribution in [0.3, 0.4) is 0 Å². The fourth-order valence-corrected chi connectivity index (χ4v) is 8.13. The Hall–Kier alpha value is -7.70. The topological polar surface area (TPSA) is 198 Å². The van der Waals surface area contributed by atoms with E-state index in [1.165, 1.54) is 46.4 Å². The van der Waals surface area contributed by atoms with Crippen molar-refractivity contribution >= 4 is 55.8 Å². The smallest absolute Gasteiger partial charge is 0.166 e. The summed E-state index contributed by atoms with van der Waals surface area (Å²) in [5, 5.41) is 18.8. The molecule has 0 radical (unpaired) electrons. The highest BCUT2D eigenvalue weighted by atomic mass is 19.1. The van der Waals surface area contributed by atoms with Gasteiger partial charge in [-0.1, -0.05) is 36.4 Å². The van der Waals surface area contributed by atoms with E-state index in [0.717, 1.165) is 36.5 Å². The van der Waals surface area contributed by atoms with Gasteiger partial charge in [0.1, 0.15) is 22.7 Å². The minimum atomic E-state index is -0.461. The second-order valence-corrected chi connectivity index (χ2v) is 15.8. The number of H-pyrrole nitrogens is 2. The molecule has 0 spiro atoms. The van der Waals surface area contributed by atoms with Gasteiger partial charge in [-0.3, -0.25) is 9.97 Å². The van der Waals surface area contributed by atoms with Crippen molar-refractivity contribution in [3.8, 4) is 22.8 Å². The van der Waals surface area contributed by atoms with Crippen LogP contribution in [-0.2, 0) is 17.6 Å². The molecular formula is C47H44F2N14O2. The number of rotatable bonds is 13. The molecule has 2 aromatic carbocycles. The van der Waals surface area contributed by atoms with Gasteiger partial charge in [0.15, 0.2) is 34.6 Å². The number of hydrogen-bond donors (Lipinski definition) is 5. The Bertz CT molecular complexity index is 3260. The molecule has 0 amide bonds. The third-order valence-electron chi connectivity index (χ3n) is 11.5. The first-order valence-corrected chi connectivity index (χ1v) is 21.4. The maximum Gasteiger partial charge on any atom is 0.166 e. The van der Waals surface area contributed by atoms with E-state index in [0.29, 0.717) is 83.0 Å². The van der Waals surface area contributed by atoms with Crippen LogP contribution in [0.2, 0.25) is 0 Å². The average molecular weight is 875 g/mol. The second kappa shape index (κ2) is 18.2. The maximum absolute atomic E-state index is 13.8. The number of pyridine rings is 2. The lowest BCUT2D eigenvalue weighted by Crippen LogP contribution is -2.11. The molecule has 11 rings (SSSR count). The Labute approximate surface area is 370 Å². The first-order valence-electron chi connectivity index (χ1n) is 21.4. The third kappa shape index (κ3) is 8.55. The lowest BCUT2D eigenvalue weighted by atomic mass is 10.1. The highest BCUT2D eigenvalue weighted by molar-refractivity contribution is 5.87. The van der Waals surface area contributed by atoms with Crippen LogP contribution >= 0.6 is 0 Å². The third-order valence-corrected chi connectivity index (χ3v) is 11.5. The molecule has 10 aromatic rings. The molecule has 9 heterocycles. The van der Waals surface area contributed by atoms with Gasteiger partial charge in [-0.25, -0.2) is 38.7 Å². The fraction of sp³-hybridized carbons (Fsp3) is 0.234. The maximum atomic E-state index is 13.8. The number of aliphatic hydroxyl groups excluding tert-OH is 1. The van der Waals surface area contributed by atoms with Crippen molar-refractivity contribution in [3.05, 3.63) is 133 Å². The summed E-state index contributed by atoms with van der Waals surface area (Å²) in [5.74, 6) is 1.03. The second-order valence-electron chi connectivity index (χ2n) is 15.8. The van der Waals surface area contributed by atoms with E-state index in [-0.39, 0.29) is 18.7 Å². The molecule has 0 bridgehead atoms. The van der Waals surface area contributed by atoms with E-state index in [9.17, 15) is 13.9 Å². The predicted octanol–water partition coefficient (Wildman–Crippen LogP) is 7.84. The van der Waals surface area contributed by atoms with Crippen molar-refractivity contribution in [2.24, 2.45) is 0 Å². The van der Waals surface area contributed by atoms with E-state index in [1.807, 2.05) is 48.1 Å². The standard InChI is InChI=1S/C24H22FN7O.C23H22FN7O/c25-17-9-16(10-26-12-17)22-30-23(21-24(31-22)32(14-29-21)18-6-8-33-13-18)27-7-5-15-11-28-20-4-2-1-3-19(15)20;1-14(12-32)31-13-28-20-22(26-7-6-15-10-27-19-5-3-2-4-18(15)19)29-21(30-23(20)31)16-8-17(24)11-25-9-16/h1-4,9-12,14,18,28H,5-8,13H2,(H,27,30,31);2-5,8-11,13-14,27,32H,6-7,12H2,1H3,(H,26,29,30)/t18-;14-/m10/s1. The largest absolute Gasteiger partial charge is 0.394 e. The monoisotopic (exact) mass is 874 g/mol. The Balaban J connectivity index is 0.000000153. The number of fused-ring (bicyclic) bond motifs is 4. The summed E-state index contributed by atoms with van der Waals surface area (Å²) in [4.78, 5) is 42.2. The van der Waals surface area contributed by atoms with Crippen molar-refractivity contribution < 1.29 is 18.6 Å². The predicted molar refractivity (Wildman–Crippen MR) is 244 cm³/mol. The van der Waals surface area contributed by atoms with E-state index >= 15 is 0 Å². The number of para-hydroxylation sites is 2. The van der Waals surface area contributed by atoms with Gasteiger partial charge >= 0.3 is 0 Å². The van der Waals surface area contributed by atoms with E-state index in [1.54, 1.807) is 23.4 Å². The number of aromatic amines is 2. The molecule has 18 heteroatoms. The van der Waals surface area contributed by atoms with Crippen molar-refractivity contribution in [3.63, 3.8) is 0 Å². The zero-order chi connectivity index (χ0) is 44.3. The summed E-state index contributed by atoms with van der Waals surface area (Å²) in [5.41, 5.74) is 8.19. The van der Waals surface area contributed by atoms with Gasteiger partial charge in [0, 0.05) is 77.4 Å². The van der Waals surface area contributed by atoms with Gasteiger partial charge in [-0.15, -0.1) is 0 Å². The molecule has 2 atom stereocenters. The van der Waals surface area contributed by atoms with Crippen LogP contribution < -0.4 is 10.6 Å². The van der Waals surface area contributed by atoms with Crippen LogP contribution in [-0.4, -0.2) is 97.0 Å². The number of ether oxygens (including phenoxy) is 1. The molecular weight excluding hydrogens is 831 g/mol. The first-order chi connectivity index (χ1) is 31.9. The van der Waals surface area contributed by atoms with Crippen LogP contribution in [0, 0.1) is 11.6 Å². The molecule has 5 N–H and O–H groups in total. The lowest BCUT2D eigenvalue weighted by molar-refractivity contribution is 0.187. The average Bonchev–Trinajstić information content (AvgIpc) is 4.20. The molecule has 1 aliphatic rings. The van der Waals surface area contributed by atoms with Gasteiger partial charge in [0.25, 0.3) is 0 Å². The molecule has 1 fully saturated rings. The van der Waals surface area contributed by atoms with Gasteiger partial charge in [0.2, 0.25) is 0 Å². The van der Waals surface area contributed by atoms with Crippen LogP contribution in [0.1, 0.15) is 36.6 Å². The number of aromatic nitrogens is 12. The van der Waals surface area contributed by atoms with Gasteiger partial charge < -0.3 is 39.6 Å². The molecule has 0 saturated carbocycles. The van der Waals surface area contributed by atoms with E-state index in [4.69, 9.17) is 9.72 Å². The Morgan fingerprint density at radius 1 is 0.738 bits per heavy atom. The van der Waals surface area contributed by atoms with Gasteiger partial charge in [0.05, 0.1) is 50.3 Å². The van der Waals surface area contributed by atoms with Crippen LogP contribution in [0.4, 0.5) is 20.4 Å². The Morgan fingerprint density at radius 2 is 1.29 bits per heavy atom. The molecule has 1 aliphatic heterocycles. The van der Waals surface area contributed by atoms with Gasteiger partial charge in [-0.2, -0.15) is 0 Å². The summed E-state index contributed by atoms with van der Waals surface area (Å²) in [6.45, 7) is 4.43. The molecule has 0 unspecified atom stereocenters. The van der Waals surface area contributed by atoms with Crippen molar-refractivity contribution in [2.75, 3.05) is 43.5 Å². The van der Waals surface area contributed by atoms with Crippen LogP contribution in [0.15, 0.2) is 110 Å². The lowest BCUT2D eigenvalue weighted by Gasteiger charge is -2.12. The molecule has 16 nitrogen and oxygen atoms in total. The van der Waals surface area contributed by atoms with E-state index in [2.05, 4.69) is 79.8 Å². The summed E-state index contributed by atoms with van der Waals surface area (Å²) in [6, 6.07) is 19.1. The minimum Gasteiger partial charge on any atom is -0.394 e. The number of aliphatic hydroxyl groups is 1. The Morgan fingerprint density at radius 3 is 1.85 bits per heavy atom. The zero-order valence-electron chi connectivity index (χ0n) is 35.3. The van der Waals surface area contributed by atoms with Crippen molar-refractivity contribution in [1.82, 2.24) is 59.0 Å². The van der Waals surface area contributed by atoms with Crippen LogP contribution in [0.25, 0.3) is 66.9 Å². The zero-order valence-corrected chi connectivity index (χ0v) is 35.3. The first kappa shape index (κ1) is 41.3. The van der Waals surface area contributed by atoms with Crippen molar-refractivity contribution in [1.29, 1.82) is 0 Å². The number of anilines is 2. The number of hydrogen-bond acceptors (Lipinski definition) is 12. The highest BCUT2D eigenvalue weighted by Crippen LogP contribution is 2.30. The summed E-state index contributed by atoms with van der Waals surface area (Å²) in [6.07, 6.45) is 15.4. The quantitative estimate of drug-likeness (QED) is 0.0754. The molecule has 8 aromatic heterocycles. The Kier molecular flexibility index (Phi) is 11.6. The molecule has 0 aliphatic carbocycles. The number of imidazole rings is 2. The minimum absolute atomic E-state index is 0.0599. The summed E-state index contributed by atoms with van der Waals surface area (Å²) in [7, 11) is 0. The number of nitrogens with zero attached hydrogens (tertiary/aromatic N) is 10. The normalized spacial score (nSPS) is 14.3. The highest BCUT2D eigenvalue weighted by Gasteiger charge is 2.23. The van der Waals surface area contributed by atoms with Crippen LogP contribution in [0.5, 0.6) is 0 Å².